The Bertz CT molecular complexity index is 743. The predicted octanol–water partition coefficient (Wildman–Crippen LogP) is 1.85. The van der Waals surface area contributed by atoms with Gasteiger partial charge in [-0.15, -0.1) is 11.3 Å². The molecule has 0 saturated carbocycles. The lowest BCUT2D eigenvalue weighted by atomic mass is 9.97. The maximum Gasteiger partial charge on any atom is 0.254 e. The molecular weight excluding hydrogens is 312 g/mol. The molecule has 2 aromatic rings. The molecule has 23 heavy (non-hydrogen) atoms. The minimum atomic E-state index is -0.335. The molecule has 0 bridgehead atoms. The Hall–Kier alpha value is -2.28. The summed E-state index contributed by atoms with van der Waals surface area (Å²) < 4.78 is 0. The molecular formula is C16H18N4O2S. The summed E-state index contributed by atoms with van der Waals surface area (Å²) in [7, 11) is 0. The predicted molar refractivity (Wildman–Crippen MR) is 87.9 cm³/mol. The maximum absolute atomic E-state index is 12.7. The third-order valence-electron chi connectivity index (χ3n) is 4.10. The van der Waals surface area contributed by atoms with Gasteiger partial charge in [0.05, 0.1) is 27.7 Å². The van der Waals surface area contributed by atoms with E-state index in [1.165, 1.54) is 11.3 Å². The second kappa shape index (κ2) is 6.45. The van der Waals surface area contributed by atoms with Crippen molar-refractivity contribution in [2.75, 3.05) is 13.1 Å². The van der Waals surface area contributed by atoms with Gasteiger partial charge < -0.3 is 10.6 Å². The smallest absolute Gasteiger partial charge is 0.254 e. The summed E-state index contributed by atoms with van der Waals surface area (Å²) in [5.41, 5.74) is 9.38. The number of aromatic nitrogens is 2. The molecule has 6 nitrogen and oxygen atoms in total. The number of pyridine rings is 1. The Balaban J connectivity index is 1.83. The first-order chi connectivity index (χ1) is 11.1. The number of hydrogen-bond donors (Lipinski definition) is 1. The highest BCUT2D eigenvalue weighted by Crippen LogP contribution is 2.26. The van der Waals surface area contributed by atoms with E-state index in [-0.39, 0.29) is 17.7 Å². The zero-order chi connectivity index (χ0) is 16.4. The third kappa shape index (κ3) is 3.24. The van der Waals surface area contributed by atoms with Crippen LogP contribution < -0.4 is 5.73 Å². The Morgan fingerprint density at radius 1 is 1.39 bits per heavy atom. The second-order valence-corrected chi connectivity index (χ2v) is 6.54. The SMILES string of the molecule is Cc1ncsc1-c1cc(C(=O)N2CCC[C@@H](C(N)=O)C2)ccn1. The number of aryl methyl sites for hydroxylation is 1. The topological polar surface area (TPSA) is 89.2 Å². The van der Waals surface area contributed by atoms with E-state index in [0.717, 1.165) is 29.1 Å². The van der Waals surface area contributed by atoms with Gasteiger partial charge in [0.15, 0.2) is 0 Å². The largest absolute Gasteiger partial charge is 0.369 e. The number of rotatable bonds is 3. The van der Waals surface area contributed by atoms with Crippen molar-refractivity contribution in [1.29, 1.82) is 0 Å². The van der Waals surface area contributed by atoms with E-state index in [1.807, 2.05) is 6.92 Å². The lowest BCUT2D eigenvalue weighted by molar-refractivity contribution is -0.123. The van der Waals surface area contributed by atoms with Crippen LogP contribution in [0.25, 0.3) is 10.6 Å². The summed E-state index contributed by atoms with van der Waals surface area (Å²) in [6, 6.07) is 3.49. The highest BCUT2D eigenvalue weighted by atomic mass is 32.1. The lowest BCUT2D eigenvalue weighted by Gasteiger charge is -2.31. The molecule has 1 fully saturated rings. The number of primary amides is 1. The quantitative estimate of drug-likeness (QED) is 0.930. The van der Waals surface area contributed by atoms with Crippen molar-refractivity contribution in [3.8, 4) is 10.6 Å². The molecule has 1 aliphatic heterocycles. The van der Waals surface area contributed by atoms with E-state index in [2.05, 4.69) is 9.97 Å². The van der Waals surface area contributed by atoms with E-state index in [9.17, 15) is 9.59 Å². The first-order valence-corrected chi connectivity index (χ1v) is 8.39. The van der Waals surface area contributed by atoms with Crippen molar-refractivity contribution in [1.82, 2.24) is 14.9 Å². The van der Waals surface area contributed by atoms with Crippen LogP contribution in [-0.2, 0) is 4.79 Å². The molecule has 0 aliphatic carbocycles. The summed E-state index contributed by atoms with van der Waals surface area (Å²) in [6.07, 6.45) is 3.18. The van der Waals surface area contributed by atoms with Crippen LogP contribution >= 0.6 is 11.3 Å². The van der Waals surface area contributed by atoms with Crippen LogP contribution in [0.1, 0.15) is 28.9 Å². The van der Waals surface area contributed by atoms with Gasteiger partial charge in [-0.25, -0.2) is 4.98 Å². The maximum atomic E-state index is 12.7. The first-order valence-electron chi connectivity index (χ1n) is 7.51. The molecule has 1 saturated heterocycles. The summed E-state index contributed by atoms with van der Waals surface area (Å²) in [6.45, 7) is 2.97. The van der Waals surface area contributed by atoms with E-state index in [0.29, 0.717) is 18.7 Å². The minimum Gasteiger partial charge on any atom is -0.369 e. The van der Waals surface area contributed by atoms with Crippen LogP contribution in [0.15, 0.2) is 23.8 Å². The molecule has 1 aliphatic rings. The molecule has 0 spiro atoms. The zero-order valence-electron chi connectivity index (χ0n) is 12.9. The van der Waals surface area contributed by atoms with E-state index in [4.69, 9.17) is 5.73 Å². The summed E-state index contributed by atoms with van der Waals surface area (Å²) in [5.74, 6) is -0.669. The van der Waals surface area contributed by atoms with Crippen LogP contribution in [0, 0.1) is 12.8 Å². The van der Waals surface area contributed by atoms with Crippen molar-refractivity contribution in [2.45, 2.75) is 19.8 Å². The number of likely N-dealkylation sites (tertiary alicyclic amines) is 1. The van der Waals surface area contributed by atoms with Gasteiger partial charge in [-0.05, 0) is 31.9 Å². The van der Waals surface area contributed by atoms with Gasteiger partial charge in [-0.1, -0.05) is 0 Å². The van der Waals surface area contributed by atoms with Crippen molar-refractivity contribution < 1.29 is 9.59 Å². The first kappa shape index (κ1) is 15.6. The van der Waals surface area contributed by atoms with Gasteiger partial charge in [0, 0.05) is 24.8 Å². The third-order valence-corrected chi connectivity index (χ3v) is 5.05. The number of thiazole rings is 1. The van der Waals surface area contributed by atoms with Crippen molar-refractivity contribution in [3.05, 3.63) is 35.1 Å². The minimum absolute atomic E-state index is 0.0817. The van der Waals surface area contributed by atoms with Gasteiger partial charge in [-0.3, -0.25) is 14.6 Å². The average Bonchev–Trinajstić information content (AvgIpc) is 3.00. The highest BCUT2D eigenvalue weighted by molar-refractivity contribution is 7.13. The van der Waals surface area contributed by atoms with Gasteiger partial charge in [-0.2, -0.15) is 0 Å². The zero-order valence-corrected chi connectivity index (χ0v) is 13.7. The fourth-order valence-electron chi connectivity index (χ4n) is 2.81. The molecule has 2 amide bonds. The molecule has 2 aromatic heterocycles. The fourth-order valence-corrected chi connectivity index (χ4v) is 3.58. The number of amides is 2. The highest BCUT2D eigenvalue weighted by Gasteiger charge is 2.27. The Labute approximate surface area is 138 Å². The Morgan fingerprint density at radius 2 is 2.22 bits per heavy atom. The molecule has 1 atom stereocenters. The van der Waals surface area contributed by atoms with Crippen LogP contribution in [0.2, 0.25) is 0 Å². The van der Waals surface area contributed by atoms with E-state index in [1.54, 1.807) is 28.7 Å². The van der Waals surface area contributed by atoms with E-state index >= 15 is 0 Å². The lowest BCUT2D eigenvalue weighted by Crippen LogP contribution is -2.44. The van der Waals surface area contributed by atoms with Gasteiger partial charge in [0.2, 0.25) is 5.91 Å². The summed E-state index contributed by atoms with van der Waals surface area (Å²) >= 11 is 1.50. The number of hydrogen-bond acceptors (Lipinski definition) is 5. The van der Waals surface area contributed by atoms with Crippen molar-refractivity contribution in [3.63, 3.8) is 0 Å². The molecule has 0 aromatic carbocycles. The molecule has 7 heteroatoms. The number of carbonyl (C=O) groups is 2. The summed E-state index contributed by atoms with van der Waals surface area (Å²) in [5, 5.41) is 0. The van der Waals surface area contributed by atoms with Crippen LogP contribution in [0.3, 0.4) is 0 Å². The normalized spacial score (nSPS) is 18.0. The van der Waals surface area contributed by atoms with Crippen molar-refractivity contribution >= 4 is 23.2 Å². The van der Waals surface area contributed by atoms with Gasteiger partial charge in [0.1, 0.15) is 0 Å². The number of piperidine rings is 1. The molecule has 3 heterocycles. The molecule has 3 rings (SSSR count). The monoisotopic (exact) mass is 330 g/mol. The molecule has 2 N–H and O–H groups in total. The van der Waals surface area contributed by atoms with Gasteiger partial charge >= 0.3 is 0 Å². The fraction of sp³-hybridized carbons (Fsp3) is 0.375. The number of nitrogens with two attached hydrogens (primary N) is 1. The standard InChI is InChI=1S/C16H18N4O2S/c1-10-14(23-9-19-10)13-7-11(4-5-18-13)16(22)20-6-2-3-12(8-20)15(17)21/h4-5,7,9,12H,2-3,6,8H2,1H3,(H2,17,21)/t12-/m1/s1. The van der Waals surface area contributed by atoms with E-state index < -0.39 is 0 Å². The Kier molecular flexibility index (Phi) is 4.38. The second-order valence-electron chi connectivity index (χ2n) is 5.69. The Morgan fingerprint density at radius 3 is 2.91 bits per heavy atom. The molecule has 0 radical (unpaired) electrons. The summed E-state index contributed by atoms with van der Waals surface area (Å²) in [4.78, 5) is 35.3. The number of carbonyl (C=O) groups excluding carboxylic acids is 2. The average molecular weight is 330 g/mol. The van der Waals surface area contributed by atoms with Gasteiger partial charge in [0.25, 0.3) is 5.91 Å². The van der Waals surface area contributed by atoms with Crippen LogP contribution in [0.5, 0.6) is 0 Å². The van der Waals surface area contributed by atoms with Crippen molar-refractivity contribution in [2.24, 2.45) is 11.7 Å². The van der Waals surface area contributed by atoms with Crippen LogP contribution in [0.4, 0.5) is 0 Å². The number of nitrogens with zero attached hydrogens (tertiary/aromatic N) is 3. The molecule has 120 valence electrons. The molecule has 0 unspecified atom stereocenters. The van der Waals surface area contributed by atoms with Crippen LogP contribution in [-0.4, -0.2) is 39.8 Å².